The van der Waals surface area contributed by atoms with Crippen molar-refractivity contribution in [2.45, 2.75) is 43.2 Å². The molecule has 3 saturated heterocycles. The van der Waals surface area contributed by atoms with Gasteiger partial charge in [0.05, 0.1) is 21.2 Å². The lowest BCUT2D eigenvalue weighted by Gasteiger charge is -2.30. The van der Waals surface area contributed by atoms with Gasteiger partial charge < -0.3 is 20.5 Å². The first-order valence-electron chi connectivity index (χ1n) is 13.6. The summed E-state index contributed by atoms with van der Waals surface area (Å²) in [6.07, 6.45) is 0.0941. The van der Waals surface area contributed by atoms with Gasteiger partial charge in [0, 0.05) is 43.2 Å². The lowest BCUT2D eigenvalue weighted by atomic mass is 9.95. The molecule has 7 rings (SSSR count). The number of nitrogen functional groups attached to an aromatic ring is 1. The number of hydrogen-bond acceptors (Lipinski definition) is 10. The highest BCUT2D eigenvalue weighted by atomic mass is 32.1. The van der Waals surface area contributed by atoms with E-state index in [9.17, 15) is 18.4 Å². The Labute approximate surface area is 241 Å². The Hall–Kier alpha value is -3.80. The number of nitriles is 1. The standard InChI is InChI=1S/C28H25F4N7O2S/c29-13-6-28(4-1-5-39(28)11-13)12-40-27-37-23-16(26(38-27)41-19-10-35-9-18(19)31)8-36-22(21(23)32)14-2-3-17(30)24-20(14)15(7-33)25(34)42-24/h2-3,8,13,18-19,35H,1,4-6,9-12,34H2. The third kappa shape index (κ3) is 4.29. The zero-order valence-corrected chi connectivity index (χ0v) is 23.0. The van der Waals surface area contributed by atoms with Crippen LogP contribution in [0.4, 0.5) is 22.6 Å². The number of thiophene rings is 1. The second kappa shape index (κ2) is 10.2. The molecule has 14 heteroatoms. The maximum atomic E-state index is 16.4. The van der Waals surface area contributed by atoms with Gasteiger partial charge in [-0.1, -0.05) is 0 Å². The number of fused-ring (bicyclic) bond motifs is 3. The molecule has 3 aliphatic heterocycles. The summed E-state index contributed by atoms with van der Waals surface area (Å²) in [5.41, 5.74) is 5.23. The van der Waals surface area contributed by atoms with Crippen LogP contribution in [-0.4, -0.2) is 76.6 Å². The summed E-state index contributed by atoms with van der Waals surface area (Å²) < 4.78 is 71.8. The summed E-state index contributed by atoms with van der Waals surface area (Å²) >= 11 is 0.889. The Bertz CT molecular complexity index is 1760. The van der Waals surface area contributed by atoms with Crippen molar-refractivity contribution >= 4 is 37.3 Å². The number of rotatable bonds is 6. The number of benzene rings is 1. The van der Waals surface area contributed by atoms with Crippen LogP contribution >= 0.6 is 11.3 Å². The summed E-state index contributed by atoms with van der Waals surface area (Å²) in [5, 5.41) is 12.9. The fourth-order valence-electron chi connectivity index (χ4n) is 6.38. The van der Waals surface area contributed by atoms with E-state index in [0.717, 1.165) is 36.8 Å². The van der Waals surface area contributed by atoms with Crippen molar-refractivity contribution in [3.8, 4) is 29.2 Å². The minimum atomic E-state index is -1.32. The van der Waals surface area contributed by atoms with Gasteiger partial charge in [-0.05, 0) is 31.5 Å². The number of nitrogens with zero attached hydrogens (tertiary/aromatic N) is 5. The maximum absolute atomic E-state index is 16.4. The molecule has 0 bridgehead atoms. The fraction of sp³-hybridized carbons (Fsp3) is 0.429. The molecule has 9 nitrogen and oxygen atoms in total. The van der Waals surface area contributed by atoms with E-state index < -0.39 is 35.6 Å². The number of nitrogens with two attached hydrogens (primary N) is 1. The molecule has 42 heavy (non-hydrogen) atoms. The molecule has 0 saturated carbocycles. The van der Waals surface area contributed by atoms with Crippen molar-refractivity contribution < 1.29 is 27.0 Å². The van der Waals surface area contributed by atoms with E-state index in [4.69, 9.17) is 15.2 Å². The van der Waals surface area contributed by atoms with Gasteiger partial charge in [-0.2, -0.15) is 15.2 Å². The Morgan fingerprint density at radius 3 is 2.88 bits per heavy atom. The Kier molecular flexibility index (Phi) is 6.56. The number of ether oxygens (including phenoxy) is 2. The number of nitrogens with one attached hydrogen (secondary N) is 1. The average Bonchev–Trinajstić information content (AvgIpc) is 3.71. The highest BCUT2D eigenvalue weighted by Gasteiger charge is 2.49. The predicted octanol–water partition coefficient (Wildman–Crippen LogP) is 4.28. The normalized spacial score (nSPS) is 25.7. The Morgan fingerprint density at radius 2 is 2.10 bits per heavy atom. The Balaban J connectivity index is 1.34. The van der Waals surface area contributed by atoms with Crippen molar-refractivity contribution in [1.82, 2.24) is 25.2 Å². The molecule has 0 amide bonds. The van der Waals surface area contributed by atoms with Gasteiger partial charge in [-0.15, -0.1) is 11.3 Å². The zero-order valence-electron chi connectivity index (χ0n) is 22.2. The van der Waals surface area contributed by atoms with Crippen molar-refractivity contribution in [2.24, 2.45) is 0 Å². The minimum Gasteiger partial charge on any atom is -0.469 e. The van der Waals surface area contributed by atoms with Crippen LogP contribution in [0.5, 0.6) is 11.9 Å². The first kappa shape index (κ1) is 27.1. The number of alkyl halides is 2. The van der Waals surface area contributed by atoms with Crippen LogP contribution in [0.3, 0.4) is 0 Å². The van der Waals surface area contributed by atoms with E-state index in [1.165, 1.54) is 12.3 Å². The van der Waals surface area contributed by atoms with Crippen LogP contribution in [0.1, 0.15) is 24.8 Å². The van der Waals surface area contributed by atoms with Crippen LogP contribution in [0.25, 0.3) is 32.2 Å². The molecule has 0 radical (unpaired) electrons. The number of anilines is 1. The molecule has 4 unspecified atom stereocenters. The number of hydrogen-bond donors (Lipinski definition) is 2. The van der Waals surface area contributed by atoms with Crippen LogP contribution in [0.2, 0.25) is 0 Å². The molecule has 6 heterocycles. The smallest absolute Gasteiger partial charge is 0.320 e. The monoisotopic (exact) mass is 599 g/mol. The summed E-state index contributed by atoms with van der Waals surface area (Å²) in [6.45, 7) is 1.50. The molecule has 4 atom stereocenters. The summed E-state index contributed by atoms with van der Waals surface area (Å²) in [4.78, 5) is 15.0. The van der Waals surface area contributed by atoms with Gasteiger partial charge in [-0.3, -0.25) is 9.88 Å². The van der Waals surface area contributed by atoms with Crippen molar-refractivity contribution in [1.29, 1.82) is 5.26 Å². The highest BCUT2D eigenvalue weighted by molar-refractivity contribution is 7.23. The molecule has 3 aromatic heterocycles. The van der Waals surface area contributed by atoms with Crippen molar-refractivity contribution in [3.63, 3.8) is 0 Å². The van der Waals surface area contributed by atoms with Crippen LogP contribution in [-0.2, 0) is 0 Å². The summed E-state index contributed by atoms with van der Waals surface area (Å²) in [6, 6.07) is 4.25. The first-order valence-corrected chi connectivity index (χ1v) is 14.4. The van der Waals surface area contributed by atoms with Crippen LogP contribution in [0, 0.1) is 23.0 Å². The first-order chi connectivity index (χ1) is 20.3. The van der Waals surface area contributed by atoms with Gasteiger partial charge >= 0.3 is 6.01 Å². The Morgan fingerprint density at radius 1 is 1.24 bits per heavy atom. The lowest BCUT2D eigenvalue weighted by molar-refractivity contribution is 0.104. The van der Waals surface area contributed by atoms with Gasteiger partial charge in [0.1, 0.15) is 47.0 Å². The van der Waals surface area contributed by atoms with Crippen LogP contribution in [0.15, 0.2) is 18.3 Å². The summed E-state index contributed by atoms with van der Waals surface area (Å²) in [5.74, 6) is -1.60. The van der Waals surface area contributed by atoms with E-state index in [2.05, 4.69) is 25.2 Å². The second-order valence-corrected chi connectivity index (χ2v) is 12.0. The van der Waals surface area contributed by atoms with E-state index in [-0.39, 0.29) is 74.4 Å². The quantitative estimate of drug-likeness (QED) is 0.313. The number of aromatic nitrogens is 3. The molecule has 3 N–H and O–H groups in total. The molecule has 0 spiro atoms. The van der Waals surface area contributed by atoms with Gasteiger partial charge in [0.2, 0.25) is 5.88 Å². The van der Waals surface area contributed by atoms with E-state index in [0.29, 0.717) is 13.0 Å². The third-order valence-corrected chi connectivity index (χ3v) is 9.42. The van der Waals surface area contributed by atoms with Gasteiger partial charge in [0.15, 0.2) is 12.0 Å². The third-order valence-electron chi connectivity index (χ3n) is 8.40. The van der Waals surface area contributed by atoms with Gasteiger partial charge in [-0.25, -0.2) is 17.6 Å². The number of pyridine rings is 1. The molecular weight excluding hydrogens is 574 g/mol. The van der Waals surface area contributed by atoms with Gasteiger partial charge in [0.25, 0.3) is 0 Å². The van der Waals surface area contributed by atoms with E-state index >= 15 is 4.39 Å². The molecule has 4 aromatic rings. The largest absolute Gasteiger partial charge is 0.469 e. The molecular formula is C28H25F4N7O2S. The van der Waals surface area contributed by atoms with Crippen molar-refractivity contribution in [2.75, 3.05) is 38.5 Å². The highest BCUT2D eigenvalue weighted by Crippen LogP contribution is 2.43. The zero-order chi connectivity index (χ0) is 29.2. The molecule has 0 aliphatic carbocycles. The number of halogens is 4. The predicted molar refractivity (Wildman–Crippen MR) is 148 cm³/mol. The molecule has 3 fully saturated rings. The SMILES string of the molecule is N#Cc1c(N)sc2c(F)ccc(-c3ncc4c(OC5CNCC5F)nc(OCC56CCCN5CC(F)C6)nc4c3F)c12. The van der Waals surface area contributed by atoms with E-state index in [1.807, 2.05) is 6.07 Å². The topological polar surface area (TPSA) is 122 Å². The average molecular weight is 600 g/mol. The molecule has 3 aliphatic rings. The van der Waals surface area contributed by atoms with E-state index in [1.54, 1.807) is 0 Å². The maximum Gasteiger partial charge on any atom is 0.320 e. The second-order valence-electron chi connectivity index (χ2n) is 10.9. The van der Waals surface area contributed by atoms with Crippen molar-refractivity contribution in [3.05, 3.63) is 35.5 Å². The lowest BCUT2D eigenvalue weighted by Crippen LogP contribution is -2.43. The molecule has 1 aromatic carbocycles. The molecule has 218 valence electrons. The van der Waals surface area contributed by atoms with Crippen LogP contribution < -0.4 is 20.5 Å². The minimum absolute atomic E-state index is 0.0207. The fourth-order valence-corrected chi connectivity index (χ4v) is 7.33. The summed E-state index contributed by atoms with van der Waals surface area (Å²) in [7, 11) is 0.